The molecule has 1 aliphatic rings. The summed E-state index contributed by atoms with van der Waals surface area (Å²) >= 11 is 1.72. The Kier molecular flexibility index (Phi) is 1.35. The lowest BCUT2D eigenvalue weighted by molar-refractivity contribution is 0.647. The number of fused-ring (bicyclic) bond motifs is 1. The molecule has 1 saturated carbocycles. The zero-order valence-electron chi connectivity index (χ0n) is 7.23. The molecule has 0 spiro atoms. The maximum Gasteiger partial charge on any atom is 0.121 e. The lowest BCUT2D eigenvalue weighted by Gasteiger charge is -2.08. The Bertz CT molecular complexity index is 438. The molecule has 0 amide bonds. The van der Waals surface area contributed by atoms with Gasteiger partial charge in [0.2, 0.25) is 0 Å². The molecule has 3 nitrogen and oxygen atoms in total. The number of rotatable bonds is 2. The molecule has 0 atom stereocenters. The Morgan fingerprint density at radius 1 is 1.62 bits per heavy atom. The molecule has 2 N–H and O–H groups in total. The van der Waals surface area contributed by atoms with E-state index < -0.39 is 0 Å². The zero-order chi connectivity index (χ0) is 8.89. The minimum Gasteiger partial charge on any atom is -0.329 e. The molecular formula is C9H11N3S. The molecule has 0 saturated heterocycles. The first-order valence-corrected chi connectivity index (χ1v) is 5.35. The molecule has 0 aromatic carbocycles. The van der Waals surface area contributed by atoms with Crippen LogP contribution in [-0.4, -0.2) is 15.9 Å². The van der Waals surface area contributed by atoms with Crippen LogP contribution in [0.15, 0.2) is 17.8 Å². The van der Waals surface area contributed by atoms with Crippen molar-refractivity contribution < 1.29 is 0 Å². The van der Waals surface area contributed by atoms with Crippen LogP contribution >= 0.6 is 11.3 Å². The van der Waals surface area contributed by atoms with Crippen molar-refractivity contribution in [2.24, 2.45) is 5.73 Å². The maximum atomic E-state index is 5.77. The summed E-state index contributed by atoms with van der Waals surface area (Å²) in [5, 5.41) is 2.09. The van der Waals surface area contributed by atoms with Gasteiger partial charge in [-0.3, -0.25) is 4.40 Å². The van der Waals surface area contributed by atoms with E-state index >= 15 is 0 Å². The van der Waals surface area contributed by atoms with Crippen LogP contribution in [0.4, 0.5) is 0 Å². The number of imidazole rings is 1. The quantitative estimate of drug-likeness (QED) is 0.783. The van der Waals surface area contributed by atoms with Crippen LogP contribution in [-0.2, 0) is 5.41 Å². The Labute approximate surface area is 80.2 Å². The summed E-state index contributed by atoms with van der Waals surface area (Å²) in [7, 11) is 0. The Hall–Kier alpha value is -0.870. The highest BCUT2D eigenvalue weighted by Gasteiger charge is 2.46. The van der Waals surface area contributed by atoms with E-state index in [0.717, 1.165) is 12.4 Å². The fraction of sp³-hybridized carbons (Fsp3) is 0.444. The van der Waals surface area contributed by atoms with Crippen molar-refractivity contribution in [1.29, 1.82) is 0 Å². The van der Waals surface area contributed by atoms with Crippen molar-refractivity contribution in [3.05, 3.63) is 23.6 Å². The standard InChI is InChI=1S/C9H11N3S/c10-6-9(1-2-9)8-11-5-7-12(8)3-4-13-7/h3-5H,1-2,6,10H2. The fourth-order valence-electron chi connectivity index (χ4n) is 1.80. The Balaban J connectivity index is 2.21. The van der Waals surface area contributed by atoms with E-state index in [2.05, 4.69) is 21.0 Å². The van der Waals surface area contributed by atoms with E-state index in [1.54, 1.807) is 11.3 Å². The van der Waals surface area contributed by atoms with Crippen LogP contribution in [0.1, 0.15) is 18.7 Å². The van der Waals surface area contributed by atoms with Gasteiger partial charge in [-0.15, -0.1) is 11.3 Å². The summed E-state index contributed by atoms with van der Waals surface area (Å²) in [5.41, 5.74) is 5.97. The van der Waals surface area contributed by atoms with Crippen molar-refractivity contribution in [2.45, 2.75) is 18.3 Å². The lowest BCUT2D eigenvalue weighted by Crippen LogP contribution is -2.22. The summed E-state index contributed by atoms with van der Waals surface area (Å²) in [6, 6.07) is 0. The van der Waals surface area contributed by atoms with Crippen LogP contribution in [0.25, 0.3) is 4.83 Å². The third kappa shape index (κ3) is 0.899. The summed E-state index contributed by atoms with van der Waals surface area (Å²) in [6.07, 6.45) is 6.41. The first-order valence-electron chi connectivity index (χ1n) is 4.47. The number of nitrogens with zero attached hydrogens (tertiary/aromatic N) is 2. The second kappa shape index (κ2) is 2.33. The molecule has 13 heavy (non-hydrogen) atoms. The minimum absolute atomic E-state index is 0.202. The van der Waals surface area contributed by atoms with Crippen LogP contribution in [0, 0.1) is 0 Å². The third-order valence-electron chi connectivity index (χ3n) is 2.88. The Morgan fingerprint density at radius 3 is 3.15 bits per heavy atom. The van der Waals surface area contributed by atoms with Gasteiger partial charge in [0.05, 0.1) is 6.20 Å². The predicted octanol–water partition coefficient (Wildman–Crippen LogP) is 1.39. The molecule has 2 heterocycles. The van der Waals surface area contributed by atoms with Gasteiger partial charge < -0.3 is 5.73 Å². The molecule has 2 aromatic rings. The van der Waals surface area contributed by atoms with Gasteiger partial charge in [0, 0.05) is 23.5 Å². The molecule has 68 valence electrons. The summed E-state index contributed by atoms with van der Waals surface area (Å²) in [6.45, 7) is 0.724. The van der Waals surface area contributed by atoms with Gasteiger partial charge in [-0.1, -0.05) is 0 Å². The number of thiazole rings is 1. The van der Waals surface area contributed by atoms with E-state index in [1.165, 1.54) is 17.7 Å². The van der Waals surface area contributed by atoms with E-state index in [0.29, 0.717) is 0 Å². The highest BCUT2D eigenvalue weighted by Crippen LogP contribution is 2.46. The minimum atomic E-state index is 0.202. The molecular weight excluding hydrogens is 182 g/mol. The highest BCUT2D eigenvalue weighted by molar-refractivity contribution is 7.15. The first-order chi connectivity index (χ1) is 6.36. The van der Waals surface area contributed by atoms with Gasteiger partial charge in [0.15, 0.2) is 0 Å². The van der Waals surface area contributed by atoms with Gasteiger partial charge in [0.25, 0.3) is 0 Å². The number of aromatic nitrogens is 2. The molecule has 0 bridgehead atoms. The number of hydrogen-bond acceptors (Lipinski definition) is 3. The van der Waals surface area contributed by atoms with Crippen molar-refractivity contribution >= 4 is 16.2 Å². The van der Waals surface area contributed by atoms with E-state index in [4.69, 9.17) is 5.73 Å². The summed E-state index contributed by atoms with van der Waals surface area (Å²) < 4.78 is 2.17. The normalized spacial score (nSPS) is 19.5. The SMILES string of the molecule is NCC1(c2ncc3sccn23)CC1. The molecule has 1 aliphatic carbocycles. The predicted molar refractivity (Wildman–Crippen MR) is 53.0 cm³/mol. The summed E-state index contributed by atoms with van der Waals surface area (Å²) in [4.78, 5) is 5.67. The van der Waals surface area contributed by atoms with E-state index in [1.807, 2.05) is 6.20 Å². The van der Waals surface area contributed by atoms with Crippen molar-refractivity contribution in [2.75, 3.05) is 6.54 Å². The molecule has 4 heteroatoms. The molecule has 0 aliphatic heterocycles. The first kappa shape index (κ1) is 7.53. The van der Waals surface area contributed by atoms with Crippen molar-refractivity contribution in [1.82, 2.24) is 9.38 Å². The number of nitrogens with two attached hydrogens (primary N) is 1. The van der Waals surface area contributed by atoms with Gasteiger partial charge in [0.1, 0.15) is 10.7 Å². The summed E-state index contributed by atoms with van der Waals surface area (Å²) in [5.74, 6) is 1.16. The van der Waals surface area contributed by atoms with E-state index in [9.17, 15) is 0 Å². The smallest absolute Gasteiger partial charge is 0.121 e. The molecule has 1 fully saturated rings. The van der Waals surface area contributed by atoms with Crippen LogP contribution in [0.3, 0.4) is 0 Å². The average Bonchev–Trinajstić information content (AvgIpc) is 2.62. The van der Waals surface area contributed by atoms with Crippen molar-refractivity contribution in [3.63, 3.8) is 0 Å². The van der Waals surface area contributed by atoms with Gasteiger partial charge >= 0.3 is 0 Å². The van der Waals surface area contributed by atoms with Gasteiger partial charge in [-0.05, 0) is 12.8 Å². The van der Waals surface area contributed by atoms with Crippen molar-refractivity contribution in [3.8, 4) is 0 Å². The van der Waals surface area contributed by atoms with E-state index in [-0.39, 0.29) is 5.41 Å². The van der Waals surface area contributed by atoms with Gasteiger partial charge in [-0.2, -0.15) is 0 Å². The monoisotopic (exact) mass is 193 g/mol. The number of hydrogen-bond donors (Lipinski definition) is 1. The second-order valence-corrected chi connectivity index (χ2v) is 4.60. The zero-order valence-corrected chi connectivity index (χ0v) is 8.05. The molecule has 0 unspecified atom stereocenters. The average molecular weight is 193 g/mol. The fourth-order valence-corrected chi connectivity index (χ4v) is 2.50. The van der Waals surface area contributed by atoms with Crippen LogP contribution < -0.4 is 5.73 Å². The van der Waals surface area contributed by atoms with Crippen LogP contribution in [0.5, 0.6) is 0 Å². The molecule has 3 rings (SSSR count). The molecule has 2 aromatic heterocycles. The van der Waals surface area contributed by atoms with Crippen LogP contribution in [0.2, 0.25) is 0 Å². The highest BCUT2D eigenvalue weighted by atomic mass is 32.1. The largest absolute Gasteiger partial charge is 0.329 e. The third-order valence-corrected chi connectivity index (χ3v) is 3.68. The maximum absolute atomic E-state index is 5.77. The second-order valence-electron chi connectivity index (χ2n) is 3.68. The molecule has 0 radical (unpaired) electrons. The van der Waals surface area contributed by atoms with Gasteiger partial charge in [-0.25, -0.2) is 4.98 Å². The Morgan fingerprint density at radius 2 is 2.46 bits per heavy atom. The topological polar surface area (TPSA) is 43.3 Å². The lowest BCUT2D eigenvalue weighted by atomic mass is 10.1.